The number of rotatable bonds is 2. The molecular formula is C8H11N3O2. The summed E-state index contributed by atoms with van der Waals surface area (Å²) >= 11 is 0. The van der Waals surface area contributed by atoms with Gasteiger partial charge in [0.1, 0.15) is 5.69 Å². The molecule has 5 heteroatoms. The summed E-state index contributed by atoms with van der Waals surface area (Å²) in [5, 5.41) is 12.8. The predicted molar refractivity (Wildman–Crippen MR) is 45.7 cm³/mol. The smallest absolute Gasteiger partial charge is 0.354 e. The van der Waals surface area contributed by atoms with Gasteiger partial charge in [-0.25, -0.2) is 4.79 Å². The highest BCUT2D eigenvalue weighted by Gasteiger charge is 2.28. The highest BCUT2D eigenvalue weighted by molar-refractivity contribution is 5.85. The van der Waals surface area contributed by atoms with Gasteiger partial charge in [0.15, 0.2) is 0 Å². The first-order valence-corrected chi connectivity index (χ1v) is 4.14. The summed E-state index contributed by atoms with van der Waals surface area (Å²) in [4.78, 5) is 12.9. The minimum absolute atomic E-state index is 0.228. The molecule has 0 saturated carbocycles. The largest absolute Gasteiger partial charge is 0.477 e. The van der Waals surface area contributed by atoms with Crippen LogP contribution in [-0.2, 0) is 0 Å². The third-order valence-corrected chi connectivity index (χ3v) is 2.28. The van der Waals surface area contributed by atoms with Crippen LogP contribution in [0.3, 0.4) is 0 Å². The monoisotopic (exact) mass is 181 g/mol. The molecule has 0 aliphatic carbocycles. The number of likely N-dealkylation sites (N-methyl/N-ethyl adjacent to an activating group) is 1. The predicted octanol–water partition coefficient (Wildman–Crippen LogP) is 0.0678. The summed E-state index contributed by atoms with van der Waals surface area (Å²) < 4.78 is 1.59. The molecule has 13 heavy (non-hydrogen) atoms. The molecule has 1 aliphatic heterocycles. The minimum atomic E-state index is -0.910. The van der Waals surface area contributed by atoms with Crippen molar-refractivity contribution in [2.24, 2.45) is 0 Å². The van der Waals surface area contributed by atoms with Gasteiger partial charge < -0.3 is 10.0 Å². The van der Waals surface area contributed by atoms with Gasteiger partial charge in [-0.15, -0.1) is 0 Å². The van der Waals surface area contributed by atoms with Crippen molar-refractivity contribution in [1.82, 2.24) is 14.7 Å². The Morgan fingerprint density at radius 3 is 2.92 bits per heavy atom. The Bertz CT molecular complexity index is 328. The van der Waals surface area contributed by atoms with Gasteiger partial charge in [-0.2, -0.15) is 5.10 Å². The van der Waals surface area contributed by atoms with Gasteiger partial charge in [0.25, 0.3) is 0 Å². The Kier molecular flexibility index (Phi) is 1.81. The van der Waals surface area contributed by atoms with Gasteiger partial charge in [-0.3, -0.25) is 4.68 Å². The van der Waals surface area contributed by atoms with Gasteiger partial charge in [-0.05, 0) is 13.1 Å². The van der Waals surface area contributed by atoms with E-state index in [4.69, 9.17) is 5.11 Å². The van der Waals surface area contributed by atoms with E-state index >= 15 is 0 Å². The van der Waals surface area contributed by atoms with Crippen LogP contribution in [0.5, 0.6) is 0 Å². The Hall–Kier alpha value is -1.36. The molecule has 5 nitrogen and oxygen atoms in total. The van der Waals surface area contributed by atoms with Crippen LogP contribution in [0, 0.1) is 0 Å². The zero-order valence-corrected chi connectivity index (χ0v) is 7.34. The molecule has 0 radical (unpaired) electrons. The lowest BCUT2D eigenvalue weighted by Crippen LogP contribution is -2.46. The molecular weight excluding hydrogens is 170 g/mol. The lowest BCUT2D eigenvalue weighted by molar-refractivity contribution is 0.0657. The number of hydrogen-bond acceptors (Lipinski definition) is 3. The molecule has 1 aromatic rings. The topological polar surface area (TPSA) is 58.4 Å². The van der Waals surface area contributed by atoms with Gasteiger partial charge >= 0.3 is 5.97 Å². The van der Waals surface area contributed by atoms with Crippen molar-refractivity contribution in [2.45, 2.75) is 6.04 Å². The third kappa shape index (κ3) is 1.31. The number of likely N-dealkylation sites (tertiary alicyclic amines) is 1. The molecule has 0 bridgehead atoms. The standard InChI is InChI=1S/C8H11N3O2/c1-10-4-6(5-10)11-7(8(12)13)2-3-9-11/h2-3,6H,4-5H2,1H3,(H,12,13). The average molecular weight is 181 g/mol. The molecule has 0 aromatic carbocycles. The van der Waals surface area contributed by atoms with Crippen molar-refractivity contribution in [3.05, 3.63) is 18.0 Å². The fourth-order valence-electron chi connectivity index (χ4n) is 1.60. The van der Waals surface area contributed by atoms with Crippen LogP contribution in [0.1, 0.15) is 16.5 Å². The quantitative estimate of drug-likeness (QED) is 0.701. The number of nitrogens with zero attached hydrogens (tertiary/aromatic N) is 3. The minimum Gasteiger partial charge on any atom is -0.477 e. The van der Waals surface area contributed by atoms with Crippen LogP contribution in [0.15, 0.2) is 12.3 Å². The lowest BCUT2D eigenvalue weighted by Gasteiger charge is -2.36. The third-order valence-electron chi connectivity index (χ3n) is 2.28. The second-order valence-corrected chi connectivity index (χ2v) is 3.34. The van der Waals surface area contributed by atoms with E-state index in [1.54, 1.807) is 4.68 Å². The van der Waals surface area contributed by atoms with Crippen LogP contribution in [0.25, 0.3) is 0 Å². The molecule has 0 unspecified atom stereocenters. The van der Waals surface area contributed by atoms with Crippen LogP contribution in [-0.4, -0.2) is 45.9 Å². The van der Waals surface area contributed by atoms with E-state index in [-0.39, 0.29) is 11.7 Å². The second kappa shape index (κ2) is 2.85. The van der Waals surface area contributed by atoms with E-state index in [2.05, 4.69) is 10.00 Å². The molecule has 1 saturated heterocycles. The maximum Gasteiger partial charge on any atom is 0.354 e. The molecule has 2 rings (SSSR count). The van der Waals surface area contributed by atoms with E-state index in [0.29, 0.717) is 0 Å². The Labute approximate surface area is 75.6 Å². The van der Waals surface area contributed by atoms with E-state index in [0.717, 1.165) is 13.1 Å². The van der Waals surface area contributed by atoms with Gasteiger partial charge in [0.05, 0.1) is 6.04 Å². The van der Waals surface area contributed by atoms with E-state index < -0.39 is 5.97 Å². The summed E-state index contributed by atoms with van der Waals surface area (Å²) in [7, 11) is 2.00. The van der Waals surface area contributed by atoms with Crippen LogP contribution in [0.2, 0.25) is 0 Å². The van der Waals surface area contributed by atoms with Crippen LogP contribution < -0.4 is 0 Å². The molecule has 1 fully saturated rings. The molecule has 70 valence electrons. The summed E-state index contributed by atoms with van der Waals surface area (Å²) in [6.45, 7) is 1.75. The first-order valence-electron chi connectivity index (χ1n) is 4.14. The summed E-state index contributed by atoms with van der Waals surface area (Å²) in [5.74, 6) is -0.910. The number of aromatic nitrogens is 2. The molecule has 1 aliphatic rings. The Balaban J connectivity index is 2.20. The van der Waals surface area contributed by atoms with E-state index in [1.807, 2.05) is 7.05 Å². The highest BCUT2D eigenvalue weighted by Crippen LogP contribution is 2.19. The van der Waals surface area contributed by atoms with Crippen molar-refractivity contribution in [3.8, 4) is 0 Å². The molecule has 1 N–H and O–H groups in total. The summed E-state index contributed by atoms with van der Waals surface area (Å²) in [6, 6.07) is 1.76. The molecule has 0 spiro atoms. The number of carboxylic acids is 1. The average Bonchev–Trinajstić information content (AvgIpc) is 2.45. The van der Waals surface area contributed by atoms with Crippen molar-refractivity contribution in [2.75, 3.05) is 20.1 Å². The molecule has 2 heterocycles. The zero-order valence-electron chi connectivity index (χ0n) is 7.34. The van der Waals surface area contributed by atoms with Crippen molar-refractivity contribution in [3.63, 3.8) is 0 Å². The molecule has 1 aromatic heterocycles. The fraction of sp³-hybridized carbons (Fsp3) is 0.500. The van der Waals surface area contributed by atoms with Crippen LogP contribution in [0.4, 0.5) is 0 Å². The summed E-state index contributed by atoms with van der Waals surface area (Å²) in [6.07, 6.45) is 1.53. The van der Waals surface area contributed by atoms with Gasteiger partial charge in [-0.1, -0.05) is 0 Å². The fourth-order valence-corrected chi connectivity index (χ4v) is 1.60. The Morgan fingerprint density at radius 2 is 2.38 bits per heavy atom. The lowest BCUT2D eigenvalue weighted by atomic mass is 10.1. The van der Waals surface area contributed by atoms with Gasteiger partial charge in [0.2, 0.25) is 0 Å². The number of hydrogen-bond donors (Lipinski definition) is 1. The number of aromatic carboxylic acids is 1. The van der Waals surface area contributed by atoms with Crippen molar-refractivity contribution >= 4 is 5.97 Å². The van der Waals surface area contributed by atoms with Gasteiger partial charge in [0, 0.05) is 19.3 Å². The highest BCUT2D eigenvalue weighted by atomic mass is 16.4. The van der Waals surface area contributed by atoms with E-state index in [9.17, 15) is 4.79 Å². The SMILES string of the molecule is CN1CC(n2nccc2C(=O)O)C1. The Morgan fingerprint density at radius 1 is 1.69 bits per heavy atom. The van der Waals surface area contributed by atoms with Crippen molar-refractivity contribution in [1.29, 1.82) is 0 Å². The maximum atomic E-state index is 10.7. The number of carboxylic acid groups (broad SMARTS) is 1. The zero-order chi connectivity index (χ0) is 9.42. The van der Waals surface area contributed by atoms with Crippen molar-refractivity contribution < 1.29 is 9.90 Å². The molecule has 0 amide bonds. The summed E-state index contributed by atoms with van der Waals surface area (Å²) in [5.41, 5.74) is 0.276. The number of carbonyl (C=O) groups is 1. The van der Waals surface area contributed by atoms with E-state index in [1.165, 1.54) is 12.3 Å². The molecule has 0 atom stereocenters. The van der Waals surface area contributed by atoms with Crippen LogP contribution >= 0.6 is 0 Å². The normalized spacial score (nSPS) is 18.5. The first kappa shape index (κ1) is 8.25. The first-order chi connectivity index (χ1) is 6.18. The maximum absolute atomic E-state index is 10.7. The second-order valence-electron chi connectivity index (χ2n) is 3.34.